The van der Waals surface area contributed by atoms with Gasteiger partial charge < -0.3 is 15.7 Å². The van der Waals surface area contributed by atoms with E-state index in [1.54, 1.807) is 37.3 Å². The number of thioether (sulfide) groups is 1. The van der Waals surface area contributed by atoms with Gasteiger partial charge in [-0.15, -0.1) is 23.1 Å². The Labute approximate surface area is 261 Å². The minimum Gasteiger partial charge on any atom is -0.478 e. The standard InChI is InChI=1S/C26H16Cl5N3O4S2/c1-11(23(35)34-26-33-16(10-39-26)14-4-2-3-5-15(14)27)40-13-8-6-12(7-9-13)32-24(36)17-18(25(37)38)20(29)22(31)21(30)19(17)28/h2-11H,1H3,(H,32,36)(H,37,38)(H,33,34,35). The maximum atomic E-state index is 12.9. The molecule has 1 aromatic heterocycles. The van der Waals surface area contributed by atoms with Crippen LogP contribution in [0.15, 0.2) is 58.8 Å². The quantitative estimate of drug-likeness (QED) is 0.0977. The van der Waals surface area contributed by atoms with Crippen molar-refractivity contribution in [2.75, 3.05) is 10.6 Å². The van der Waals surface area contributed by atoms with Crippen molar-refractivity contribution in [1.29, 1.82) is 0 Å². The fourth-order valence-electron chi connectivity index (χ4n) is 3.44. The van der Waals surface area contributed by atoms with Crippen LogP contribution in [0.4, 0.5) is 10.8 Å². The first-order chi connectivity index (χ1) is 19.0. The number of rotatable bonds is 8. The molecule has 14 heteroatoms. The van der Waals surface area contributed by atoms with Crippen LogP contribution in [-0.4, -0.2) is 33.1 Å². The van der Waals surface area contributed by atoms with Crippen LogP contribution < -0.4 is 10.6 Å². The molecular formula is C26H16Cl5N3O4S2. The number of benzene rings is 3. The molecule has 0 radical (unpaired) electrons. The van der Waals surface area contributed by atoms with Gasteiger partial charge in [0, 0.05) is 26.5 Å². The lowest BCUT2D eigenvalue weighted by Crippen LogP contribution is -2.22. The average molecular weight is 676 g/mol. The zero-order valence-electron chi connectivity index (χ0n) is 20.1. The fourth-order valence-corrected chi connectivity index (χ4v) is 6.28. The van der Waals surface area contributed by atoms with Gasteiger partial charge in [-0.3, -0.25) is 9.59 Å². The number of carboxylic acids is 1. The molecule has 4 aromatic rings. The van der Waals surface area contributed by atoms with Crippen LogP contribution >= 0.6 is 81.1 Å². The molecule has 0 saturated carbocycles. The fraction of sp³-hybridized carbons (Fsp3) is 0.0769. The first-order valence-electron chi connectivity index (χ1n) is 11.2. The number of halogens is 5. The van der Waals surface area contributed by atoms with E-state index in [0.717, 1.165) is 10.5 Å². The highest BCUT2D eigenvalue weighted by atomic mass is 35.5. The van der Waals surface area contributed by atoms with E-state index in [1.807, 2.05) is 23.6 Å². The molecule has 1 heterocycles. The molecule has 0 fully saturated rings. The number of amides is 2. The predicted octanol–water partition coefficient (Wildman–Crippen LogP) is 9.15. The van der Waals surface area contributed by atoms with E-state index in [4.69, 9.17) is 58.0 Å². The number of aromatic nitrogens is 1. The molecule has 3 aromatic carbocycles. The lowest BCUT2D eigenvalue weighted by Gasteiger charge is -2.14. The van der Waals surface area contributed by atoms with Crippen LogP contribution in [0, 0.1) is 0 Å². The lowest BCUT2D eigenvalue weighted by molar-refractivity contribution is -0.115. The number of hydrogen-bond donors (Lipinski definition) is 3. The molecule has 206 valence electrons. The Bertz CT molecular complexity index is 1630. The van der Waals surface area contributed by atoms with Crippen LogP contribution in [0.5, 0.6) is 0 Å². The van der Waals surface area contributed by atoms with Crippen molar-refractivity contribution < 1.29 is 19.5 Å². The lowest BCUT2D eigenvalue weighted by atomic mass is 10.1. The van der Waals surface area contributed by atoms with Gasteiger partial charge in [0.1, 0.15) is 0 Å². The molecule has 0 saturated heterocycles. The Hall–Kier alpha value is -2.50. The minimum absolute atomic E-state index is 0.236. The number of hydrogen-bond acceptors (Lipinski definition) is 6. The highest BCUT2D eigenvalue weighted by Crippen LogP contribution is 2.42. The molecular weight excluding hydrogens is 660 g/mol. The van der Waals surface area contributed by atoms with E-state index in [2.05, 4.69) is 15.6 Å². The third-order valence-corrected chi connectivity index (χ3v) is 9.39. The molecule has 0 bridgehead atoms. The van der Waals surface area contributed by atoms with Gasteiger partial charge in [0.15, 0.2) is 5.13 Å². The summed E-state index contributed by atoms with van der Waals surface area (Å²) in [7, 11) is 0. The number of carbonyl (C=O) groups excluding carboxylic acids is 2. The average Bonchev–Trinajstić information content (AvgIpc) is 3.38. The maximum absolute atomic E-state index is 12.9. The number of thiazole rings is 1. The van der Waals surface area contributed by atoms with Gasteiger partial charge in [-0.05, 0) is 37.3 Å². The zero-order valence-corrected chi connectivity index (χ0v) is 25.5. The Kier molecular flexibility index (Phi) is 9.89. The minimum atomic E-state index is -1.49. The second kappa shape index (κ2) is 13.0. The topological polar surface area (TPSA) is 108 Å². The molecule has 0 aliphatic carbocycles. The van der Waals surface area contributed by atoms with E-state index in [9.17, 15) is 19.5 Å². The maximum Gasteiger partial charge on any atom is 0.338 e. The summed E-state index contributed by atoms with van der Waals surface area (Å²) in [6.07, 6.45) is 0. The second-order valence-corrected chi connectivity index (χ2v) is 12.2. The van der Waals surface area contributed by atoms with Crippen molar-refractivity contribution >= 4 is 110 Å². The van der Waals surface area contributed by atoms with Crippen molar-refractivity contribution in [1.82, 2.24) is 4.98 Å². The number of anilines is 2. The number of nitrogens with zero attached hydrogens (tertiary/aromatic N) is 1. The van der Waals surface area contributed by atoms with E-state index in [0.29, 0.717) is 21.5 Å². The first-order valence-corrected chi connectivity index (χ1v) is 14.8. The molecule has 4 rings (SSSR count). The van der Waals surface area contributed by atoms with Crippen LogP contribution in [-0.2, 0) is 4.79 Å². The number of nitrogens with one attached hydrogen (secondary N) is 2. The summed E-state index contributed by atoms with van der Waals surface area (Å²) in [5.41, 5.74) is 0.806. The highest BCUT2D eigenvalue weighted by Gasteiger charge is 2.29. The van der Waals surface area contributed by atoms with Gasteiger partial charge >= 0.3 is 5.97 Å². The Morgan fingerprint density at radius 1 is 0.875 bits per heavy atom. The Balaban J connectivity index is 1.41. The molecule has 1 unspecified atom stereocenters. The molecule has 7 nitrogen and oxygen atoms in total. The van der Waals surface area contributed by atoms with E-state index < -0.39 is 33.3 Å². The number of aromatic carboxylic acids is 1. The van der Waals surface area contributed by atoms with Crippen molar-refractivity contribution in [3.63, 3.8) is 0 Å². The summed E-state index contributed by atoms with van der Waals surface area (Å²) >= 11 is 33.0. The van der Waals surface area contributed by atoms with Crippen LogP contribution in [0.3, 0.4) is 0 Å². The summed E-state index contributed by atoms with van der Waals surface area (Å²) < 4.78 is 0. The second-order valence-electron chi connectivity index (χ2n) is 8.06. The van der Waals surface area contributed by atoms with E-state index in [1.165, 1.54) is 23.1 Å². The number of carbonyl (C=O) groups is 3. The third kappa shape index (κ3) is 6.69. The van der Waals surface area contributed by atoms with Crippen molar-refractivity contribution in [3.8, 4) is 11.3 Å². The van der Waals surface area contributed by atoms with E-state index >= 15 is 0 Å². The number of carboxylic acid groups (broad SMARTS) is 1. The molecule has 2 amide bonds. The van der Waals surface area contributed by atoms with Crippen LogP contribution in [0.1, 0.15) is 27.6 Å². The van der Waals surface area contributed by atoms with Gasteiger partial charge in [0.2, 0.25) is 5.91 Å². The molecule has 0 aliphatic rings. The summed E-state index contributed by atoms with van der Waals surface area (Å²) in [6.45, 7) is 1.75. The van der Waals surface area contributed by atoms with Gasteiger partial charge in [-0.2, -0.15) is 0 Å². The third-order valence-electron chi connectivity index (χ3n) is 5.39. The largest absolute Gasteiger partial charge is 0.478 e. The molecule has 1 atom stereocenters. The van der Waals surface area contributed by atoms with Gasteiger partial charge in [-0.25, -0.2) is 9.78 Å². The van der Waals surface area contributed by atoms with Gasteiger partial charge in [0.05, 0.1) is 42.2 Å². The highest BCUT2D eigenvalue weighted by molar-refractivity contribution is 8.00. The Morgan fingerprint density at radius 3 is 2.12 bits per heavy atom. The molecule has 40 heavy (non-hydrogen) atoms. The van der Waals surface area contributed by atoms with Gasteiger partial charge in [-0.1, -0.05) is 76.2 Å². The summed E-state index contributed by atoms with van der Waals surface area (Å²) in [6, 6.07) is 13.9. The normalized spacial score (nSPS) is 11.7. The molecule has 3 N–H and O–H groups in total. The van der Waals surface area contributed by atoms with Crippen LogP contribution in [0.25, 0.3) is 11.3 Å². The molecule has 0 aliphatic heterocycles. The SMILES string of the molecule is CC(Sc1ccc(NC(=O)c2c(Cl)c(Cl)c(Cl)c(Cl)c2C(=O)O)cc1)C(=O)Nc1nc(-c2ccccc2Cl)cs1. The van der Waals surface area contributed by atoms with Gasteiger partial charge in [0.25, 0.3) is 5.91 Å². The zero-order chi connectivity index (χ0) is 29.1. The summed E-state index contributed by atoms with van der Waals surface area (Å²) in [5, 5.41) is 16.1. The molecule has 0 spiro atoms. The first kappa shape index (κ1) is 30.5. The predicted molar refractivity (Wildman–Crippen MR) is 164 cm³/mol. The summed E-state index contributed by atoms with van der Waals surface area (Å²) in [4.78, 5) is 42.6. The van der Waals surface area contributed by atoms with Crippen molar-refractivity contribution in [3.05, 3.63) is 90.2 Å². The smallest absolute Gasteiger partial charge is 0.338 e. The van der Waals surface area contributed by atoms with E-state index in [-0.39, 0.29) is 21.0 Å². The van der Waals surface area contributed by atoms with Crippen LogP contribution in [0.2, 0.25) is 25.1 Å². The summed E-state index contributed by atoms with van der Waals surface area (Å²) in [5.74, 6) is -2.57. The van der Waals surface area contributed by atoms with Crippen molar-refractivity contribution in [2.45, 2.75) is 17.1 Å². The van der Waals surface area contributed by atoms with Crippen molar-refractivity contribution in [2.24, 2.45) is 0 Å². The monoisotopic (exact) mass is 673 g/mol. The Morgan fingerprint density at radius 2 is 1.50 bits per heavy atom.